The van der Waals surface area contributed by atoms with Gasteiger partial charge in [0.25, 0.3) is 0 Å². The van der Waals surface area contributed by atoms with Gasteiger partial charge in [-0.15, -0.1) is 23.5 Å². The molecule has 0 radical (unpaired) electrons. The van der Waals surface area contributed by atoms with Crippen molar-refractivity contribution in [3.63, 3.8) is 0 Å². The number of aromatic nitrogens is 1. The molecule has 1 saturated heterocycles. The van der Waals surface area contributed by atoms with Gasteiger partial charge < -0.3 is 5.11 Å². The first-order valence-electron chi connectivity index (χ1n) is 7.39. The van der Waals surface area contributed by atoms with Gasteiger partial charge in [-0.3, -0.25) is 4.98 Å². The number of benzene rings is 1. The second-order valence-corrected chi connectivity index (χ2v) is 9.07. The SMILES string of the molecule is OC(Cc1ccc(Cl)cc1Cl)(c1cccnc1)C1SCCCS1. The second-order valence-electron chi connectivity index (χ2n) is 5.51. The standard InChI is InChI=1S/C17H17Cl2NOS2/c18-14-5-4-12(15(19)9-14)10-17(21,13-3-1-6-20-11-13)16-22-7-2-8-23-16/h1,3-6,9,11,16,21H,2,7-8,10H2. The van der Waals surface area contributed by atoms with Gasteiger partial charge in [-0.05, 0) is 41.7 Å². The Morgan fingerprint density at radius 3 is 2.65 bits per heavy atom. The van der Waals surface area contributed by atoms with E-state index < -0.39 is 5.60 Å². The molecular formula is C17H17Cl2NOS2. The van der Waals surface area contributed by atoms with Crippen LogP contribution in [0.2, 0.25) is 10.0 Å². The summed E-state index contributed by atoms with van der Waals surface area (Å²) in [5.41, 5.74) is 0.716. The van der Waals surface area contributed by atoms with Crippen molar-refractivity contribution in [2.75, 3.05) is 11.5 Å². The van der Waals surface area contributed by atoms with Gasteiger partial charge in [0.05, 0.1) is 4.58 Å². The first kappa shape index (κ1) is 17.4. The fourth-order valence-electron chi connectivity index (χ4n) is 2.66. The molecule has 2 aromatic rings. The first-order chi connectivity index (χ1) is 11.1. The van der Waals surface area contributed by atoms with Crippen molar-refractivity contribution in [2.24, 2.45) is 0 Å². The summed E-state index contributed by atoms with van der Waals surface area (Å²) in [6, 6.07) is 9.23. The molecule has 0 amide bonds. The number of aliphatic hydroxyl groups is 1. The third kappa shape index (κ3) is 3.99. The zero-order chi connectivity index (χ0) is 16.3. The molecule has 122 valence electrons. The Morgan fingerprint density at radius 2 is 2.00 bits per heavy atom. The van der Waals surface area contributed by atoms with Crippen LogP contribution < -0.4 is 0 Å². The summed E-state index contributed by atoms with van der Waals surface area (Å²) in [6.45, 7) is 0. The Morgan fingerprint density at radius 1 is 1.22 bits per heavy atom. The Labute approximate surface area is 155 Å². The maximum absolute atomic E-state index is 11.6. The molecular weight excluding hydrogens is 369 g/mol. The van der Waals surface area contributed by atoms with Gasteiger partial charge >= 0.3 is 0 Å². The molecule has 1 N–H and O–H groups in total. The third-order valence-electron chi connectivity index (χ3n) is 3.85. The van der Waals surface area contributed by atoms with Crippen LogP contribution in [-0.4, -0.2) is 26.2 Å². The average Bonchev–Trinajstić information content (AvgIpc) is 2.59. The molecule has 1 aromatic heterocycles. The maximum atomic E-state index is 11.6. The molecule has 2 heterocycles. The summed E-state index contributed by atoms with van der Waals surface area (Å²) in [7, 11) is 0. The van der Waals surface area contributed by atoms with Crippen molar-refractivity contribution >= 4 is 46.7 Å². The van der Waals surface area contributed by atoms with Crippen molar-refractivity contribution in [2.45, 2.75) is 23.0 Å². The van der Waals surface area contributed by atoms with Crippen LogP contribution in [-0.2, 0) is 12.0 Å². The molecule has 1 aliphatic rings. The van der Waals surface area contributed by atoms with E-state index in [0.29, 0.717) is 16.5 Å². The maximum Gasteiger partial charge on any atom is 0.116 e. The van der Waals surface area contributed by atoms with Gasteiger partial charge in [-0.2, -0.15) is 0 Å². The van der Waals surface area contributed by atoms with Crippen LogP contribution in [0.15, 0.2) is 42.7 Å². The Bertz CT molecular complexity index is 665. The van der Waals surface area contributed by atoms with Crippen LogP contribution in [0.4, 0.5) is 0 Å². The first-order valence-corrected chi connectivity index (χ1v) is 10.2. The summed E-state index contributed by atoms with van der Waals surface area (Å²) in [5, 5.41) is 12.8. The molecule has 1 atom stereocenters. The predicted octanol–water partition coefficient (Wildman–Crippen LogP) is 5.01. The van der Waals surface area contributed by atoms with Crippen molar-refractivity contribution in [1.29, 1.82) is 0 Å². The van der Waals surface area contributed by atoms with Gasteiger partial charge in [0.15, 0.2) is 0 Å². The molecule has 3 rings (SSSR count). The minimum Gasteiger partial charge on any atom is -0.383 e. The van der Waals surface area contributed by atoms with Crippen LogP contribution in [0.25, 0.3) is 0 Å². The molecule has 1 fully saturated rings. The number of hydrogen-bond donors (Lipinski definition) is 1. The van der Waals surface area contributed by atoms with E-state index >= 15 is 0 Å². The zero-order valence-electron chi connectivity index (χ0n) is 12.4. The highest BCUT2D eigenvalue weighted by Crippen LogP contribution is 2.45. The molecule has 2 nitrogen and oxygen atoms in total. The smallest absolute Gasteiger partial charge is 0.116 e. The van der Waals surface area contributed by atoms with E-state index in [1.165, 1.54) is 6.42 Å². The molecule has 0 aliphatic carbocycles. The Balaban J connectivity index is 1.97. The number of thioether (sulfide) groups is 2. The molecule has 1 aromatic carbocycles. The number of nitrogens with zero attached hydrogens (tertiary/aromatic N) is 1. The highest BCUT2D eigenvalue weighted by atomic mass is 35.5. The van der Waals surface area contributed by atoms with Gasteiger partial charge in [0.1, 0.15) is 5.60 Å². The Kier molecular flexibility index (Phi) is 5.81. The summed E-state index contributed by atoms with van der Waals surface area (Å²) in [5.74, 6) is 2.13. The minimum atomic E-state index is -1.01. The van der Waals surface area contributed by atoms with Gasteiger partial charge in [0.2, 0.25) is 0 Å². The zero-order valence-corrected chi connectivity index (χ0v) is 15.6. The van der Waals surface area contributed by atoms with E-state index in [0.717, 1.165) is 22.6 Å². The average molecular weight is 386 g/mol. The lowest BCUT2D eigenvalue weighted by atomic mass is 9.89. The minimum absolute atomic E-state index is 0.0622. The van der Waals surface area contributed by atoms with Crippen molar-refractivity contribution in [3.05, 3.63) is 63.9 Å². The van der Waals surface area contributed by atoms with Crippen LogP contribution in [0.1, 0.15) is 17.5 Å². The van der Waals surface area contributed by atoms with Crippen LogP contribution >= 0.6 is 46.7 Å². The van der Waals surface area contributed by atoms with Gasteiger partial charge in [-0.1, -0.05) is 35.3 Å². The van der Waals surface area contributed by atoms with E-state index in [4.69, 9.17) is 23.2 Å². The number of pyridine rings is 1. The number of halogens is 2. The third-order valence-corrected chi connectivity index (χ3v) is 7.69. The lowest BCUT2D eigenvalue weighted by Gasteiger charge is -2.38. The summed E-state index contributed by atoms with van der Waals surface area (Å²) >= 11 is 15.9. The van der Waals surface area contributed by atoms with Gasteiger partial charge in [0, 0.05) is 34.4 Å². The molecule has 0 bridgehead atoms. The normalized spacial score (nSPS) is 18.6. The highest BCUT2D eigenvalue weighted by molar-refractivity contribution is 8.17. The Hall–Kier alpha value is -0.390. The topological polar surface area (TPSA) is 33.1 Å². The fourth-order valence-corrected chi connectivity index (χ4v) is 6.32. The quantitative estimate of drug-likeness (QED) is 0.800. The van der Waals surface area contributed by atoms with E-state index in [9.17, 15) is 5.11 Å². The van der Waals surface area contributed by atoms with Crippen molar-refractivity contribution < 1.29 is 5.11 Å². The van der Waals surface area contributed by atoms with E-state index in [-0.39, 0.29) is 4.58 Å². The summed E-state index contributed by atoms with van der Waals surface area (Å²) < 4.78 is 0.0622. The molecule has 23 heavy (non-hydrogen) atoms. The second kappa shape index (κ2) is 7.66. The molecule has 1 unspecified atom stereocenters. The van der Waals surface area contributed by atoms with E-state index in [1.54, 1.807) is 18.5 Å². The largest absolute Gasteiger partial charge is 0.383 e. The molecule has 6 heteroatoms. The highest BCUT2D eigenvalue weighted by Gasteiger charge is 2.41. The van der Waals surface area contributed by atoms with E-state index in [1.807, 2.05) is 47.8 Å². The molecule has 0 spiro atoms. The van der Waals surface area contributed by atoms with Crippen LogP contribution in [0.5, 0.6) is 0 Å². The van der Waals surface area contributed by atoms with Crippen LogP contribution in [0.3, 0.4) is 0 Å². The van der Waals surface area contributed by atoms with E-state index in [2.05, 4.69) is 4.98 Å². The molecule has 1 aliphatic heterocycles. The van der Waals surface area contributed by atoms with Crippen LogP contribution in [0, 0.1) is 0 Å². The summed E-state index contributed by atoms with van der Waals surface area (Å²) in [4.78, 5) is 4.19. The van der Waals surface area contributed by atoms with Crippen molar-refractivity contribution in [3.8, 4) is 0 Å². The van der Waals surface area contributed by atoms with Gasteiger partial charge in [-0.25, -0.2) is 0 Å². The van der Waals surface area contributed by atoms with Crippen molar-refractivity contribution in [1.82, 2.24) is 4.98 Å². The lowest BCUT2D eigenvalue weighted by molar-refractivity contribution is 0.0542. The lowest BCUT2D eigenvalue weighted by Crippen LogP contribution is -2.39. The number of hydrogen-bond acceptors (Lipinski definition) is 4. The monoisotopic (exact) mass is 385 g/mol. The summed E-state index contributed by atoms with van der Waals surface area (Å²) in [6.07, 6.45) is 5.09. The fraction of sp³-hybridized carbons (Fsp3) is 0.353. The molecule has 0 saturated carbocycles. The predicted molar refractivity (Wildman–Crippen MR) is 102 cm³/mol. The number of rotatable bonds is 4.